The smallest absolute Gasteiger partial charge is 0.257 e. The molecule has 2 aromatic heterocycles. The van der Waals surface area contributed by atoms with Crippen molar-refractivity contribution in [2.24, 2.45) is 5.92 Å². The maximum atomic E-state index is 14.6. The van der Waals surface area contributed by atoms with E-state index in [0.29, 0.717) is 98.1 Å². The summed E-state index contributed by atoms with van der Waals surface area (Å²) in [5.41, 5.74) is 3.71. The second-order valence-corrected chi connectivity index (χ2v) is 14.1. The van der Waals surface area contributed by atoms with Crippen LogP contribution in [0.5, 0.6) is 0 Å². The van der Waals surface area contributed by atoms with Crippen molar-refractivity contribution in [3.63, 3.8) is 0 Å². The Morgan fingerprint density at radius 3 is 2.38 bits per heavy atom. The minimum Gasteiger partial charge on any atom is -0.385 e. The highest BCUT2D eigenvalue weighted by Crippen LogP contribution is 2.33. The summed E-state index contributed by atoms with van der Waals surface area (Å²) in [6.45, 7) is 5.19. The van der Waals surface area contributed by atoms with Crippen molar-refractivity contribution in [2.75, 3.05) is 55.6 Å². The Morgan fingerprint density at radius 1 is 0.865 bits per heavy atom. The third-order valence-corrected chi connectivity index (χ3v) is 10.9. The number of piperazine rings is 1. The van der Waals surface area contributed by atoms with E-state index in [1.807, 2.05) is 30.3 Å². The van der Waals surface area contributed by atoms with Crippen LogP contribution in [0.1, 0.15) is 60.0 Å². The summed E-state index contributed by atoms with van der Waals surface area (Å²) < 4.78 is 35.3. The minimum absolute atomic E-state index is 0.0458. The van der Waals surface area contributed by atoms with Gasteiger partial charge in [-0.3, -0.25) is 14.2 Å². The molecule has 2 fully saturated rings. The molecule has 3 aromatic carbocycles. The summed E-state index contributed by atoms with van der Waals surface area (Å²) in [7, 11) is 0. The Kier molecular flexibility index (Phi) is 9.59. The number of benzene rings is 3. The molecule has 5 heterocycles. The molecular formula is C40H42F2N6O4. The van der Waals surface area contributed by atoms with Crippen molar-refractivity contribution >= 4 is 28.3 Å². The number of Topliss-reactive ketones (excluding diaryl/α,β-unsaturated/α-hetero) is 1. The number of hydrogen-bond acceptors (Lipinski definition) is 9. The van der Waals surface area contributed by atoms with Crippen molar-refractivity contribution in [2.45, 2.75) is 51.2 Å². The fraction of sp³-hybridized carbons (Fsp3) is 0.400. The Morgan fingerprint density at radius 2 is 1.60 bits per heavy atom. The number of aromatic nitrogens is 3. The van der Waals surface area contributed by atoms with Gasteiger partial charge in [0.25, 0.3) is 5.56 Å². The molecule has 0 amide bonds. The van der Waals surface area contributed by atoms with Crippen molar-refractivity contribution in [3.05, 3.63) is 106 Å². The van der Waals surface area contributed by atoms with Gasteiger partial charge in [0.2, 0.25) is 0 Å². The number of aliphatic hydroxyl groups is 1. The fourth-order valence-electron chi connectivity index (χ4n) is 8.09. The van der Waals surface area contributed by atoms with Crippen LogP contribution in [-0.2, 0) is 13.0 Å². The van der Waals surface area contributed by atoms with Gasteiger partial charge in [-0.2, -0.15) is 0 Å². The highest BCUT2D eigenvalue weighted by atomic mass is 19.1. The summed E-state index contributed by atoms with van der Waals surface area (Å²) in [4.78, 5) is 39.0. The number of aliphatic hydroxyl groups excluding tert-OH is 1. The zero-order valence-electron chi connectivity index (χ0n) is 29.0. The molecular weight excluding hydrogens is 666 g/mol. The standard InChI is InChI=1S/C40H42F2N6O4/c41-28-10-12-30(33(24-28)46-20-22-47(23-21-46)38-31-13-11-29(42)25-35(31)52-44-38)37(50)27-14-18-45(19-15-27)16-4-8-32-36(26-6-2-1-3-7-26)43-39-34(49)9-5-17-48(39)40(32)51/h1-3,6-7,10-13,24-25,27,34,49H,4-5,8-9,14-23H2. The van der Waals surface area contributed by atoms with Crippen molar-refractivity contribution in [1.82, 2.24) is 19.6 Å². The lowest BCUT2D eigenvalue weighted by Crippen LogP contribution is -2.47. The molecule has 0 bridgehead atoms. The average Bonchev–Trinajstić information content (AvgIpc) is 3.59. The molecule has 0 spiro atoms. The number of likely N-dealkylation sites (tertiary alicyclic amines) is 1. The van der Waals surface area contributed by atoms with Crippen LogP contribution in [0.3, 0.4) is 0 Å². The normalized spacial score (nSPS) is 18.6. The molecule has 270 valence electrons. The molecule has 5 aromatic rings. The highest BCUT2D eigenvalue weighted by Gasteiger charge is 2.31. The molecule has 10 nitrogen and oxygen atoms in total. The lowest BCUT2D eigenvalue weighted by Gasteiger charge is -2.37. The molecule has 12 heteroatoms. The van der Waals surface area contributed by atoms with Crippen molar-refractivity contribution in [1.29, 1.82) is 0 Å². The number of hydrogen-bond donors (Lipinski definition) is 1. The van der Waals surface area contributed by atoms with Gasteiger partial charge >= 0.3 is 0 Å². The van der Waals surface area contributed by atoms with E-state index >= 15 is 0 Å². The average molecular weight is 709 g/mol. The molecule has 1 atom stereocenters. The lowest BCUT2D eigenvalue weighted by molar-refractivity contribution is 0.0840. The largest absolute Gasteiger partial charge is 0.385 e. The number of halogens is 2. The van der Waals surface area contributed by atoms with Crippen LogP contribution in [0.25, 0.3) is 22.2 Å². The predicted octanol–water partition coefficient (Wildman–Crippen LogP) is 6.01. The van der Waals surface area contributed by atoms with Crippen LogP contribution in [0, 0.1) is 17.6 Å². The summed E-state index contributed by atoms with van der Waals surface area (Å²) in [5.74, 6) is 0.231. The van der Waals surface area contributed by atoms with Crippen LogP contribution < -0.4 is 15.4 Å². The Labute approximate surface area is 300 Å². The molecule has 0 saturated carbocycles. The van der Waals surface area contributed by atoms with Crippen molar-refractivity contribution in [3.8, 4) is 11.3 Å². The first kappa shape index (κ1) is 34.2. The Balaban J connectivity index is 0.895. The first-order valence-electron chi connectivity index (χ1n) is 18.3. The monoisotopic (exact) mass is 708 g/mol. The van der Waals surface area contributed by atoms with E-state index in [0.717, 1.165) is 43.4 Å². The molecule has 2 saturated heterocycles. The number of fused-ring (bicyclic) bond motifs is 2. The van der Waals surface area contributed by atoms with Crippen LogP contribution in [0.2, 0.25) is 0 Å². The number of carbonyl (C=O) groups excluding carboxylic acids is 1. The summed E-state index contributed by atoms with van der Waals surface area (Å²) in [6.07, 6.45) is 3.37. The number of carbonyl (C=O) groups is 1. The maximum absolute atomic E-state index is 14.6. The maximum Gasteiger partial charge on any atom is 0.257 e. The predicted molar refractivity (Wildman–Crippen MR) is 195 cm³/mol. The molecule has 3 aliphatic rings. The molecule has 0 radical (unpaired) electrons. The molecule has 0 aliphatic carbocycles. The van der Waals surface area contributed by atoms with Crippen LogP contribution in [0.4, 0.5) is 20.3 Å². The lowest BCUT2D eigenvalue weighted by atomic mass is 9.87. The number of anilines is 2. The van der Waals surface area contributed by atoms with E-state index in [2.05, 4.69) is 19.9 Å². The fourth-order valence-corrected chi connectivity index (χ4v) is 8.09. The third kappa shape index (κ3) is 6.72. The van der Waals surface area contributed by atoms with Crippen LogP contribution in [-0.4, -0.2) is 76.3 Å². The van der Waals surface area contributed by atoms with Gasteiger partial charge in [-0.05, 0) is 88.5 Å². The topological polar surface area (TPSA) is 108 Å². The Bertz CT molecular complexity index is 2140. The second kappa shape index (κ2) is 14.6. The first-order chi connectivity index (χ1) is 25.3. The van der Waals surface area contributed by atoms with Crippen LogP contribution in [0.15, 0.2) is 76.0 Å². The summed E-state index contributed by atoms with van der Waals surface area (Å²) in [6, 6.07) is 18.5. The Hall–Kier alpha value is -4.94. The van der Waals surface area contributed by atoms with E-state index in [1.54, 1.807) is 16.7 Å². The van der Waals surface area contributed by atoms with Gasteiger partial charge in [-0.15, -0.1) is 0 Å². The van der Waals surface area contributed by atoms with Crippen LogP contribution >= 0.6 is 0 Å². The number of nitrogens with zero attached hydrogens (tertiary/aromatic N) is 6. The first-order valence-corrected chi connectivity index (χ1v) is 18.3. The molecule has 3 aliphatic heterocycles. The second-order valence-electron chi connectivity index (χ2n) is 14.1. The van der Waals surface area contributed by atoms with E-state index in [1.165, 1.54) is 24.3 Å². The van der Waals surface area contributed by atoms with E-state index in [4.69, 9.17) is 9.51 Å². The number of piperidine rings is 1. The zero-order valence-corrected chi connectivity index (χ0v) is 29.0. The van der Waals surface area contributed by atoms with Gasteiger partial charge in [-0.1, -0.05) is 35.5 Å². The van der Waals surface area contributed by atoms with E-state index in [9.17, 15) is 23.5 Å². The van der Waals surface area contributed by atoms with E-state index < -0.39 is 6.10 Å². The molecule has 1 unspecified atom stereocenters. The number of ketones is 1. The number of rotatable bonds is 9. The zero-order chi connectivity index (χ0) is 35.8. The summed E-state index contributed by atoms with van der Waals surface area (Å²) in [5, 5.41) is 15.5. The van der Waals surface area contributed by atoms with Gasteiger partial charge in [-0.25, -0.2) is 13.8 Å². The molecule has 1 N–H and O–H groups in total. The molecule has 52 heavy (non-hydrogen) atoms. The minimum atomic E-state index is -0.737. The molecule has 8 rings (SSSR count). The quantitative estimate of drug-likeness (QED) is 0.184. The van der Waals surface area contributed by atoms with Gasteiger partial charge in [0, 0.05) is 61.4 Å². The van der Waals surface area contributed by atoms with Gasteiger partial charge < -0.3 is 24.3 Å². The van der Waals surface area contributed by atoms with E-state index in [-0.39, 0.29) is 28.9 Å². The summed E-state index contributed by atoms with van der Waals surface area (Å²) >= 11 is 0. The van der Waals surface area contributed by atoms with Gasteiger partial charge in [0.15, 0.2) is 17.2 Å². The van der Waals surface area contributed by atoms with Crippen molar-refractivity contribution < 1.29 is 23.2 Å². The van der Waals surface area contributed by atoms with Gasteiger partial charge in [0.05, 0.1) is 16.8 Å². The third-order valence-electron chi connectivity index (χ3n) is 10.9. The SMILES string of the molecule is O=C(c1ccc(F)cc1N1CCN(c2noc3cc(F)ccc23)CC1)C1CCN(CCCc2c(-c3ccccc3)nc3n(c2=O)CCCC3O)CC1. The van der Waals surface area contributed by atoms with Gasteiger partial charge in [0.1, 0.15) is 23.6 Å². The highest BCUT2D eigenvalue weighted by molar-refractivity contribution is 6.03.